The molecular weight excluding hydrogens is 404 g/mol. The molecule has 1 aromatic heterocycles. The smallest absolute Gasteiger partial charge is 0.277 e. The van der Waals surface area contributed by atoms with Gasteiger partial charge in [0.05, 0.1) is 29.5 Å². The highest BCUT2D eigenvalue weighted by Crippen LogP contribution is 2.32. The van der Waals surface area contributed by atoms with Crippen LogP contribution in [0.1, 0.15) is 19.0 Å². The molecule has 164 valence electrons. The van der Waals surface area contributed by atoms with Crippen LogP contribution in [0.2, 0.25) is 5.02 Å². The highest BCUT2D eigenvalue weighted by atomic mass is 35.5. The summed E-state index contributed by atoms with van der Waals surface area (Å²) in [6, 6.07) is 5.88. The maximum Gasteiger partial charge on any atom is 0.277 e. The zero-order valence-corrected chi connectivity index (χ0v) is 19.4. The minimum absolute atomic E-state index is 0.0618. The van der Waals surface area contributed by atoms with Crippen LogP contribution in [-0.4, -0.2) is 63.2 Å². The van der Waals surface area contributed by atoms with Crippen LogP contribution >= 0.6 is 11.6 Å². The van der Waals surface area contributed by atoms with Gasteiger partial charge in [-0.05, 0) is 38.5 Å². The molecule has 30 heavy (non-hydrogen) atoms. The lowest BCUT2D eigenvalue weighted by molar-refractivity contribution is 0.111. The molecule has 0 amide bonds. The van der Waals surface area contributed by atoms with E-state index in [1.807, 2.05) is 51.0 Å². The summed E-state index contributed by atoms with van der Waals surface area (Å²) < 4.78 is 12.7. The Morgan fingerprint density at radius 3 is 2.60 bits per heavy atom. The lowest BCUT2D eigenvalue weighted by Gasteiger charge is -2.27. The van der Waals surface area contributed by atoms with Crippen LogP contribution in [0.15, 0.2) is 23.0 Å². The number of nitrogens with zero attached hydrogens (tertiary/aromatic N) is 4. The lowest BCUT2D eigenvalue weighted by atomic mass is 10.1. The van der Waals surface area contributed by atoms with Gasteiger partial charge in [-0.15, -0.1) is 0 Å². The van der Waals surface area contributed by atoms with Gasteiger partial charge < -0.3 is 19.3 Å². The number of aromatic nitrogens is 2. The van der Waals surface area contributed by atoms with Gasteiger partial charge in [0, 0.05) is 52.7 Å². The molecule has 8 heteroatoms. The summed E-state index contributed by atoms with van der Waals surface area (Å²) in [7, 11) is 7.31. The molecule has 1 aliphatic rings. The predicted octanol–water partition coefficient (Wildman–Crippen LogP) is 3.20. The number of hydrogen-bond acceptors (Lipinski definition) is 6. The fraction of sp³-hybridized carbons (Fsp3) is 0.545. The zero-order chi connectivity index (χ0) is 22.0. The maximum atomic E-state index is 13.6. The summed E-state index contributed by atoms with van der Waals surface area (Å²) in [5.74, 6) is 0.588. The summed E-state index contributed by atoms with van der Waals surface area (Å²) in [6.45, 7) is 5.50. The molecule has 0 radical (unpaired) electrons. The third-order valence-corrected chi connectivity index (χ3v) is 6.01. The quantitative estimate of drug-likeness (QED) is 0.667. The molecular formula is C22H31ClN4O3. The van der Waals surface area contributed by atoms with Crippen molar-refractivity contribution in [2.45, 2.75) is 39.0 Å². The lowest BCUT2D eigenvalue weighted by Crippen LogP contribution is -2.40. The van der Waals surface area contributed by atoms with Crippen molar-refractivity contribution in [3.63, 3.8) is 0 Å². The number of aryl methyl sites for hydroxylation is 1. The van der Waals surface area contributed by atoms with E-state index in [0.717, 1.165) is 17.7 Å². The molecule has 0 unspecified atom stereocenters. The summed E-state index contributed by atoms with van der Waals surface area (Å²) in [5, 5.41) is 0.570. The fourth-order valence-corrected chi connectivity index (χ4v) is 4.37. The van der Waals surface area contributed by atoms with E-state index < -0.39 is 0 Å². The third kappa shape index (κ3) is 4.19. The first kappa shape index (κ1) is 22.6. The third-order valence-electron chi connectivity index (χ3n) is 5.70. The van der Waals surface area contributed by atoms with Gasteiger partial charge in [-0.3, -0.25) is 9.36 Å². The number of halogens is 1. The van der Waals surface area contributed by atoms with E-state index in [0.29, 0.717) is 41.9 Å². The fourth-order valence-electron chi connectivity index (χ4n) is 4.11. The summed E-state index contributed by atoms with van der Waals surface area (Å²) in [5.41, 5.74) is 2.98. The molecule has 0 N–H and O–H groups in total. The number of hydrogen-bond donors (Lipinski definition) is 0. The van der Waals surface area contributed by atoms with E-state index in [9.17, 15) is 4.79 Å². The second kappa shape index (κ2) is 9.37. The zero-order valence-electron chi connectivity index (χ0n) is 18.6. The molecule has 1 aromatic carbocycles. The second-order valence-electron chi connectivity index (χ2n) is 7.83. The van der Waals surface area contributed by atoms with Gasteiger partial charge >= 0.3 is 0 Å². The molecule has 2 aromatic rings. The molecule has 2 heterocycles. The van der Waals surface area contributed by atoms with Crippen LogP contribution in [0.3, 0.4) is 0 Å². The van der Waals surface area contributed by atoms with Crippen molar-refractivity contribution < 1.29 is 9.47 Å². The average Bonchev–Trinajstić information content (AvgIpc) is 3.10. The molecule has 3 rings (SSSR count). The Hall–Kier alpha value is -2.09. The number of benzene rings is 1. The van der Waals surface area contributed by atoms with Gasteiger partial charge in [0.25, 0.3) is 5.56 Å². The van der Waals surface area contributed by atoms with Crippen LogP contribution in [-0.2, 0) is 16.0 Å². The standard InChI is InChI=1S/C22H31ClN4O3/c1-7-26-21(18-9-8-15(25(3)4)11-19(18)23)24-14(2)20(22(26)28)27-12-17(30-6)10-16(27)13-29-5/h8-9,11,16-17H,7,10,12-13H2,1-6H3/t16-,17+/m0/s1. The van der Waals surface area contributed by atoms with Gasteiger partial charge in [0.15, 0.2) is 0 Å². The van der Waals surface area contributed by atoms with E-state index in [2.05, 4.69) is 4.90 Å². The second-order valence-corrected chi connectivity index (χ2v) is 8.24. The first-order valence-electron chi connectivity index (χ1n) is 10.2. The van der Waals surface area contributed by atoms with Crippen molar-refractivity contribution in [2.24, 2.45) is 0 Å². The summed E-state index contributed by atoms with van der Waals surface area (Å²) in [6.07, 6.45) is 0.876. The monoisotopic (exact) mass is 434 g/mol. The van der Waals surface area contributed by atoms with Gasteiger partial charge in [-0.1, -0.05) is 11.6 Å². The molecule has 1 saturated heterocycles. The van der Waals surface area contributed by atoms with Crippen LogP contribution < -0.4 is 15.4 Å². The Kier molecular flexibility index (Phi) is 7.06. The normalized spacial score (nSPS) is 18.8. The molecule has 0 saturated carbocycles. The van der Waals surface area contributed by atoms with Crippen molar-refractivity contribution in [1.29, 1.82) is 0 Å². The molecule has 0 aliphatic carbocycles. The van der Waals surface area contributed by atoms with Gasteiger partial charge in [-0.2, -0.15) is 0 Å². The predicted molar refractivity (Wildman–Crippen MR) is 122 cm³/mol. The Labute approximate surface area is 183 Å². The van der Waals surface area contributed by atoms with Crippen LogP contribution in [0.25, 0.3) is 11.4 Å². The summed E-state index contributed by atoms with van der Waals surface area (Å²) in [4.78, 5) is 22.5. The Balaban J connectivity index is 2.12. The van der Waals surface area contributed by atoms with Crippen molar-refractivity contribution >= 4 is 23.0 Å². The minimum atomic E-state index is -0.0643. The van der Waals surface area contributed by atoms with Crippen molar-refractivity contribution in [3.8, 4) is 11.4 Å². The van der Waals surface area contributed by atoms with Crippen LogP contribution in [0, 0.1) is 6.92 Å². The van der Waals surface area contributed by atoms with Crippen molar-refractivity contribution in [3.05, 3.63) is 39.3 Å². The number of ether oxygens (including phenoxy) is 2. The van der Waals surface area contributed by atoms with Crippen molar-refractivity contribution in [2.75, 3.05) is 51.3 Å². The van der Waals surface area contributed by atoms with E-state index in [1.165, 1.54) is 0 Å². The van der Waals surface area contributed by atoms with Crippen molar-refractivity contribution in [1.82, 2.24) is 9.55 Å². The molecule has 0 spiro atoms. The highest BCUT2D eigenvalue weighted by molar-refractivity contribution is 6.33. The van der Waals surface area contributed by atoms with Crippen LogP contribution in [0.5, 0.6) is 0 Å². The highest BCUT2D eigenvalue weighted by Gasteiger charge is 2.35. The maximum absolute atomic E-state index is 13.6. The first-order chi connectivity index (χ1) is 14.3. The van der Waals surface area contributed by atoms with E-state index in [1.54, 1.807) is 18.8 Å². The molecule has 7 nitrogen and oxygen atoms in total. The number of anilines is 2. The van der Waals surface area contributed by atoms with Crippen LogP contribution in [0.4, 0.5) is 11.4 Å². The first-order valence-corrected chi connectivity index (χ1v) is 10.6. The van der Waals surface area contributed by atoms with E-state index in [4.69, 9.17) is 26.1 Å². The van der Waals surface area contributed by atoms with Gasteiger partial charge in [0.2, 0.25) is 0 Å². The SMILES string of the molecule is CCn1c(-c2ccc(N(C)C)cc2Cl)nc(C)c(N2C[C@H](OC)C[C@H]2COC)c1=O. The average molecular weight is 435 g/mol. The molecule has 2 atom stereocenters. The van der Waals surface area contributed by atoms with Gasteiger partial charge in [-0.25, -0.2) is 4.98 Å². The Morgan fingerprint density at radius 2 is 2.03 bits per heavy atom. The Bertz CT molecular complexity index is 960. The molecule has 0 bridgehead atoms. The Morgan fingerprint density at radius 1 is 1.30 bits per heavy atom. The minimum Gasteiger partial charge on any atom is -0.383 e. The topological polar surface area (TPSA) is 59.8 Å². The van der Waals surface area contributed by atoms with E-state index >= 15 is 0 Å². The number of methoxy groups -OCH3 is 2. The largest absolute Gasteiger partial charge is 0.383 e. The molecule has 1 fully saturated rings. The van der Waals surface area contributed by atoms with Gasteiger partial charge in [0.1, 0.15) is 11.5 Å². The molecule has 1 aliphatic heterocycles. The van der Waals surface area contributed by atoms with E-state index in [-0.39, 0.29) is 17.7 Å². The number of rotatable bonds is 7. The summed E-state index contributed by atoms with van der Waals surface area (Å²) >= 11 is 6.59.